The first-order valence-electron chi connectivity index (χ1n) is 10.1. The van der Waals surface area contributed by atoms with Gasteiger partial charge in [-0.15, -0.1) is 0 Å². The van der Waals surface area contributed by atoms with Crippen LogP contribution in [0.5, 0.6) is 0 Å². The Morgan fingerprint density at radius 1 is 1.13 bits per heavy atom. The van der Waals surface area contributed by atoms with E-state index in [9.17, 15) is 28.1 Å². The number of nitrogens with zero attached hydrogens (tertiary/aromatic N) is 3. The number of hydrogen-bond acceptors (Lipinski definition) is 7. The van der Waals surface area contributed by atoms with Crippen LogP contribution >= 0.6 is 11.6 Å². The van der Waals surface area contributed by atoms with Crippen LogP contribution in [-0.2, 0) is 24.3 Å². The van der Waals surface area contributed by atoms with Gasteiger partial charge in [-0.2, -0.15) is 4.31 Å². The number of sulfonamides is 1. The highest BCUT2D eigenvalue weighted by molar-refractivity contribution is 7.89. The summed E-state index contributed by atoms with van der Waals surface area (Å²) in [5, 5.41) is 10.9. The van der Waals surface area contributed by atoms with E-state index in [1.807, 2.05) is 0 Å². The van der Waals surface area contributed by atoms with Crippen LogP contribution in [0.15, 0.2) is 23.1 Å². The van der Waals surface area contributed by atoms with Crippen molar-refractivity contribution in [2.75, 3.05) is 32.8 Å². The quantitative estimate of drug-likeness (QED) is 0.352. The molecule has 3 rings (SSSR count). The molecule has 0 aliphatic carbocycles. The van der Waals surface area contributed by atoms with Crippen molar-refractivity contribution >= 4 is 39.2 Å². The van der Waals surface area contributed by atoms with Crippen molar-refractivity contribution in [3.63, 3.8) is 0 Å². The number of halogens is 1. The summed E-state index contributed by atoms with van der Waals surface area (Å²) in [6.07, 6.45) is 3.43. The molecule has 0 atom stereocenters. The number of nitro benzene ring substituents is 1. The van der Waals surface area contributed by atoms with Crippen molar-refractivity contribution in [2.45, 2.75) is 37.0 Å². The molecule has 0 bridgehead atoms. The summed E-state index contributed by atoms with van der Waals surface area (Å²) in [5.41, 5.74) is -0.375. The average molecular weight is 474 g/mol. The van der Waals surface area contributed by atoms with Crippen LogP contribution in [0.4, 0.5) is 5.69 Å². The van der Waals surface area contributed by atoms with Gasteiger partial charge in [-0.25, -0.2) is 8.42 Å². The zero-order chi connectivity index (χ0) is 22.6. The molecular formula is C19H24ClN3O7S. The number of nitro groups is 1. The molecule has 0 aromatic heterocycles. The monoisotopic (exact) mass is 473 g/mol. The molecule has 170 valence electrons. The number of carbonyl (C=O) groups excluding carboxylic acids is 2. The number of piperidine rings is 2. The molecule has 0 radical (unpaired) electrons. The number of ether oxygens (including phenoxy) is 1. The van der Waals surface area contributed by atoms with Crippen LogP contribution in [0.25, 0.3) is 0 Å². The zero-order valence-electron chi connectivity index (χ0n) is 16.9. The maximum Gasteiger partial charge on any atom is 0.309 e. The van der Waals surface area contributed by atoms with Crippen LogP contribution in [0, 0.1) is 16.0 Å². The first-order chi connectivity index (χ1) is 14.7. The Kier molecular flexibility index (Phi) is 7.50. The molecule has 2 heterocycles. The predicted molar refractivity (Wildman–Crippen MR) is 111 cm³/mol. The van der Waals surface area contributed by atoms with Gasteiger partial charge in [-0.1, -0.05) is 11.6 Å². The molecule has 1 amide bonds. The third kappa shape index (κ3) is 5.52. The molecule has 0 unspecified atom stereocenters. The molecule has 2 saturated heterocycles. The van der Waals surface area contributed by atoms with E-state index < -0.39 is 26.8 Å². The van der Waals surface area contributed by atoms with E-state index in [1.54, 1.807) is 4.90 Å². The molecule has 10 nitrogen and oxygen atoms in total. The minimum Gasteiger partial charge on any atom is -0.455 e. The van der Waals surface area contributed by atoms with E-state index in [2.05, 4.69) is 0 Å². The second-order valence-electron chi connectivity index (χ2n) is 7.60. The fourth-order valence-electron chi connectivity index (χ4n) is 3.76. The normalized spacial score (nSPS) is 18.5. The average Bonchev–Trinajstić information content (AvgIpc) is 2.77. The Morgan fingerprint density at radius 3 is 2.39 bits per heavy atom. The third-order valence-corrected chi connectivity index (χ3v) is 7.96. The Bertz CT molecular complexity index is 955. The number of non-ortho nitro benzene ring substituents is 1. The van der Waals surface area contributed by atoms with E-state index in [-0.39, 0.29) is 54.1 Å². The number of likely N-dealkylation sites (tertiary alicyclic amines) is 1. The van der Waals surface area contributed by atoms with Crippen molar-refractivity contribution in [3.8, 4) is 0 Å². The molecule has 2 aliphatic rings. The number of hydrogen-bond donors (Lipinski definition) is 0. The summed E-state index contributed by atoms with van der Waals surface area (Å²) in [5.74, 6) is -1.25. The molecule has 1 aromatic carbocycles. The van der Waals surface area contributed by atoms with Gasteiger partial charge in [0.15, 0.2) is 6.61 Å². The summed E-state index contributed by atoms with van der Waals surface area (Å²) < 4.78 is 32.1. The highest BCUT2D eigenvalue weighted by atomic mass is 35.5. The molecule has 0 N–H and O–H groups in total. The van der Waals surface area contributed by atoms with Crippen molar-refractivity contribution < 1.29 is 27.7 Å². The Morgan fingerprint density at radius 2 is 1.77 bits per heavy atom. The van der Waals surface area contributed by atoms with E-state index in [1.165, 1.54) is 6.07 Å². The van der Waals surface area contributed by atoms with Gasteiger partial charge in [0.1, 0.15) is 4.90 Å². The van der Waals surface area contributed by atoms with E-state index in [4.69, 9.17) is 16.3 Å². The smallest absolute Gasteiger partial charge is 0.309 e. The lowest BCUT2D eigenvalue weighted by Gasteiger charge is -2.30. The van der Waals surface area contributed by atoms with E-state index in [0.29, 0.717) is 13.1 Å². The third-order valence-electron chi connectivity index (χ3n) is 5.58. The van der Waals surface area contributed by atoms with Gasteiger partial charge < -0.3 is 9.64 Å². The summed E-state index contributed by atoms with van der Waals surface area (Å²) in [4.78, 5) is 36.1. The first kappa shape index (κ1) is 23.4. The number of benzene rings is 1. The fraction of sp³-hybridized carbons (Fsp3) is 0.579. The predicted octanol–water partition coefficient (Wildman–Crippen LogP) is 2.20. The number of amides is 1. The topological polar surface area (TPSA) is 127 Å². The Balaban J connectivity index is 1.56. The first-order valence-corrected chi connectivity index (χ1v) is 11.9. The van der Waals surface area contributed by atoms with Gasteiger partial charge in [-0.05, 0) is 38.2 Å². The second-order valence-corrected chi connectivity index (χ2v) is 9.91. The minimum atomic E-state index is -4.05. The van der Waals surface area contributed by atoms with Gasteiger partial charge in [0.05, 0.1) is 15.9 Å². The standard InChI is InChI=1S/C19H24ClN3O7S/c20-16-5-4-15(23(26)27)12-17(16)31(28,29)22-10-6-14(7-11-22)19(25)30-13-18(24)21-8-2-1-3-9-21/h4-5,12,14H,1-3,6-11,13H2. The van der Waals surface area contributed by atoms with Gasteiger partial charge in [0, 0.05) is 38.3 Å². The van der Waals surface area contributed by atoms with E-state index in [0.717, 1.165) is 35.7 Å². The van der Waals surface area contributed by atoms with Crippen molar-refractivity contribution in [1.82, 2.24) is 9.21 Å². The van der Waals surface area contributed by atoms with Crippen LogP contribution < -0.4 is 0 Å². The minimum absolute atomic E-state index is 0.0428. The Labute approximate surface area is 185 Å². The van der Waals surface area contributed by atoms with Gasteiger partial charge in [0.25, 0.3) is 11.6 Å². The summed E-state index contributed by atoms with van der Waals surface area (Å²) in [6, 6.07) is 3.25. The van der Waals surface area contributed by atoms with Crippen LogP contribution in [0.2, 0.25) is 5.02 Å². The maximum absolute atomic E-state index is 12.9. The number of esters is 1. The van der Waals surface area contributed by atoms with Gasteiger partial charge in [0.2, 0.25) is 10.0 Å². The van der Waals surface area contributed by atoms with Crippen molar-refractivity contribution in [3.05, 3.63) is 33.3 Å². The summed E-state index contributed by atoms with van der Waals surface area (Å²) >= 11 is 5.98. The lowest BCUT2D eigenvalue weighted by molar-refractivity contribution is -0.385. The van der Waals surface area contributed by atoms with Crippen LogP contribution in [-0.4, -0.2) is 67.2 Å². The zero-order valence-corrected chi connectivity index (χ0v) is 18.4. The molecule has 2 aliphatic heterocycles. The van der Waals surface area contributed by atoms with Crippen LogP contribution in [0.1, 0.15) is 32.1 Å². The fourth-order valence-corrected chi connectivity index (χ4v) is 5.72. The van der Waals surface area contributed by atoms with E-state index >= 15 is 0 Å². The summed E-state index contributed by atoms with van der Waals surface area (Å²) in [6.45, 7) is 1.13. The highest BCUT2D eigenvalue weighted by Gasteiger charge is 2.35. The largest absolute Gasteiger partial charge is 0.455 e. The lowest BCUT2D eigenvalue weighted by atomic mass is 9.98. The molecule has 2 fully saturated rings. The molecule has 0 saturated carbocycles. The Hall–Kier alpha value is -2.24. The molecule has 1 aromatic rings. The maximum atomic E-state index is 12.9. The summed E-state index contributed by atoms with van der Waals surface area (Å²) in [7, 11) is -4.05. The van der Waals surface area contributed by atoms with Gasteiger partial charge in [-0.3, -0.25) is 19.7 Å². The molecular weight excluding hydrogens is 450 g/mol. The van der Waals surface area contributed by atoms with Gasteiger partial charge >= 0.3 is 5.97 Å². The molecule has 12 heteroatoms. The van der Waals surface area contributed by atoms with Crippen LogP contribution in [0.3, 0.4) is 0 Å². The SMILES string of the molecule is O=C(OCC(=O)N1CCCCC1)C1CCN(S(=O)(=O)c2cc([N+](=O)[O-])ccc2Cl)CC1. The number of rotatable bonds is 6. The highest BCUT2D eigenvalue weighted by Crippen LogP contribution is 2.31. The molecule has 0 spiro atoms. The van der Waals surface area contributed by atoms with Crippen molar-refractivity contribution in [2.24, 2.45) is 5.92 Å². The lowest BCUT2D eigenvalue weighted by Crippen LogP contribution is -2.42. The van der Waals surface area contributed by atoms with Crippen molar-refractivity contribution in [1.29, 1.82) is 0 Å². The number of carbonyl (C=O) groups is 2. The second kappa shape index (κ2) is 9.92. The molecule has 31 heavy (non-hydrogen) atoms.